The minimum Gasteiger partial charge on any atom is -0.307 e. The predicted octanol–water partition coefficient (Wildman–Crippen LogP) is 2.35. The molecule has 1 N–H and O–H groups in total. The zero-order valence-electron chi connectivity index (χ0n) is 10.8. The Balaban J connectivity index is 1.94. The molecule has 2 aromatic heterocycles. The van der Waals surface area contributed by atoms with E-state index in [9.17, 15) is 8.42 Å². The van der Waals surface area contributed by atoms with Crippen molar-refractivity contribution in [2.75, 3.05) is 14.1 Å². The van der Waals surface area contributed by atoms with Gasteiger partial charge in [0.1, 0.15) is 4.21 Å². The van der Waals surface area contributed by atoms with Crippen molar-refractivity contribution in [3.63, 3.8) is 0 Å². The second-order valence-corrected chi connectivity index (χ2v) is 8.77. The van der Waals surface area contributed by atoms with Gasteiger partial charge in [0.15, 0.2) is 0 Å². The molecule has 0 unspecified atom stereocenters. The Morgan fingerprint density at radius 3 is 2.53 bits per heavy atom. The van der Waals surface area contributed by atoms with Crippen LogP contribution in [0.3, 0.4) is 0 Å². The Labute approximate surface area is 121 Å². The second-order valence-electron chi connectivity index (χ2n) is 4.19. The van der Waals surface area contributed by atoms with Gasteiger partial charge in [0, 0.05) is 36.9 Å². The summed E-state index contributed by atoms with van der Waals surface area (Å²) in [4.78, 5) is 2.30. The highest BCUT2D eigenvalue weighted by molar-refractivity contribution is 7.91. The molecule has 19 heavy (non-hydrogen) atoms. The van der Waals surface area contributed by atoms with Crippen LogP contribution in [-0.4, -0.2) is 26.8 Å². The van der Waals surface area contributed by atoms with E-state index in [1.807, 2.05) is 17.5 Å². The molecule has 2 heterocycles. The molecule has 0 fully saturated rings. The second kappa shape index (κ2) is 6.15. The average molecular weight is 316 g/mol. The fourth-order valence-corrected chi connectivity index (χ4v) is 4.66. The summed E-state index contributed by atoms with van der Waals surface area (Å²) in [6.45, 7) is 1.50. The highest BCUT2D eigenvalue weighted by Gasteiger charge is 2.19. The van der Waals surface area contributed by atoms with Gasteiger partial charge in [-0.15, -0.1) is 22.7 Å². The lowest BCUT2D eigenvalue weighted by molar-refractivity contribution is 0.523. The van der Waals surface area contributed by atoms with Gasteiger partial charge in [0.2, 0.25) is 0 Å². The third-order valence-electron chi connectivity index (χ3n) is 2.55. The van der Waals surface area contributed by atoms with Crippen LogP contribution in [0.15, 0.2) is 33.9 Å². The van der Waals surface area contributed by atoms with E-state index in [0.717, 1.165) is 11.4 Å². The number of sulfonamides is 1. The first-order chi connectivity index (χ1) is 9.00. The van der Waals surface area contributed by atoms with E-state index in [1.54, 1.807) is 31.5 Å². The minimum atomic E-state index is -3.30. The first kappa shape index (κ1) is 14.7. The third-order valence-corrected chi connectivity index (χ3v) is 6.79. The highest BCUT2D eigenvalue weighted by Crippen LogP contribution is 2.23. The monoisotopic (exact) mass is 316 g/mol. The van der Waals surface area contributed by atoms with Crippen LogP contribution in [0.1, 0.15) is 9.75 Å². The van der Waals surface area contributed by atoms with E-state index >= 15 is 0 Å². The Morgan fingerprint density at radius 1 is 1.16 bits per heavy atom. The first-order valence-electron chi connectivity index (χ1n) is 5.74. The maximum Gasteiger partial charge on any atom is 0.252 e. The van der Waals surface area contributed by atoms with E-state index in [-0.39, 0.29) is 0 Å². The molecule has 0 radical (unpaired) electrons. The molecule has 2 rings (SSSR count). The number of thiophene rings is 2. The maximum atomic E-state index is 11.9. The SMILES string of the molecule is CN(C)S(=O)(=O)c1ccc(CNCc2cccs2)s1. The molecule has 0 bridgehead atoms. The Kier molecular flexibility index (Phi) is 4.75. The van der Waals surface area contributed by atoms with Gasteiger partial charge in [-0.3, -0.25) is 0 Å². The van der Waals surface area contributed by atoms with Crippen molar-refractivity contribution in [3.05, 3.63) is 39.4 Å². The largest absolute Gasteiger partial charge is 0.307 e. The molecule has 0 saturated carbocycles. The molecule has 0 aliphatic rings. The predicted molar refractivity (Wildman–Crippen MR) is 80.1 cm³/mol. The molecule has 0 atom stereocenters. The topological polar surface area (TPSA) is 49.4 Å². The summed E-state index contributed by atoms with van der Waals surface area (Å²) in [7, 11) is -0.207. The maximum absolute atomic E-state index is 11.9. The number of hydrogen-bond acceptors (Lipinski definition) is 5. The van der Waals surface area contributed by atoms with E-state index in [4.69, 9.17) is 0 Å². The number of hydrogen-bond donors (Lipinski definition) is 1. The van der Waals surface area contributed by atoms with Crippen molar-refractivity contribution in [3.8, 4) is 0 Å². The molecule has 0 spiro atoms. The lowest BCUT2D eigenvalue weighted by Gasteiger charge is -2.08. The molecule has 0 aliphatic carbocycles. The van der Waals surface area contributed by atoms with Gasteiger partial charge < -0.3 is 5.32 Å². The molecule has 0 saturated heterocycles. The summed E-state index contributed by atoms with van der Waals surface area (Å²) in [6, 6.07) is 7.63. The normalized spacial score (nSPS) is 12.2. The molecule has 7 heteroatoms. The van der Waals surface area contributed by atoms with Crippen LogP contribution >= 0.6 is 22.7 Å². The molecular formula is C12H16N2O2S3. The number of nitrogens with one attached hydrogen (secondary N) is 1. The van der Waals surface area contributed by atoms with Crippen LogP contribution in [0.25, 0.3) is 0 Å². The smallest absolute Gasteiger partial charge is 0.252 e. The lowest BCUT2D eigenvalue weighted by atomic mass is 10.4. The van der Waals surface area contributed by atoms with Crippen molar-refractivity contribution in [2.24, 2.45) is 0 Å². The lowest BCUT2D eigenvalue weighted by Crippen LogP contribution is -2.21. The molecule has 0 aromatic carbocycles. The number of nitrogens with zero attached hydrogens (tertiary/aromatic N) is 1. The molecule has 4 nitrogen and oxygen atoms in total. The third kappa shape index (κ3) is 3.64. The van der Waals surface area contributed by atoms with Crippen LogP contribution in [0.2, 0.25) is 0 Å². The quantitative estimate of drug-likeness (QED) is 0.890. The van der Waals surface area contributed by atoms with Crippen molar-refractivity contribution in [1.82, 2.24) is 9.62 Å². The minimum absolute atomic E-state index is 0.394. The van der Waals surface area contributed by atoms with Gasteiger partial charge >= 0.3 is 0 Å². The van der Waals surface area contributed by atoms with Crippen molar-refractivity contribution in [2.45, 2.75) is 17.3 Å². The van der Waals surface area contributed by atoms with E-state index < -0.39 is 10.0 Å². The van der Waals surface area contributed by atoms with E-state index in [0.29, 0.717) is 10.8 Å². The zero-order chi connectivity index (χ0) is 13.9. The van der Waals surface area contributed by atoms with Gasteiger partial charge in [-0.05, 0) is 23.6 Å². The fourth-order valence-electron chi connectivity index (χ4n) is 1.49. The fraction of sp³-hybridized carbons (Fsp3) is 0.333. The average Bonchev–Trinajstić information content (AvgIpc) is 2.99. The van der Waals surface area contributed by atoms with Crippen LogP contribution in [0.4, 0.5) is 0 Å². The van der Waals surface area contributed by atoms with Gasteiger partial charge in [-0.2, -0.15) is 0 Å². The van der Waals surface area contributed by atoms with Crippen LogP contribution in [0, 0.1) is 0 Å². The van der Waals surface area contributed by atoms with Crippen molar-refractivity contribution < 1.29 is 8.42 Å². The molecule has 104 valence electrons. The molecule has 2 aromatic rings. The summed E-state index contributed by atoms with van der Waals surface area (Å²) in [5, 5.41) is 5.36. The Bertz CT molecular complexity index is 615. The highest BCUT2D eigenvalue weighted by atomic mass is 32.2. The molecule has 0 aliphatic heterocycles. The van der Waals surface area contributed by atoms with Gasteiger partial charge in [0.25, 0.3) is 10.0 Å². The van der Waals surface area contributed by atoms with Gasteiger partial charge in [-0.1, -0.05) is 6.07 Å². The summed E-state index contributed by atoms with van der Waals surface area (Å²) in [6.07, 6.45) is 0. The zero-order valence-corrected chi connectivity index (χ0v) is 13.2. The van der Waals surface area contributed by atoms with Crippen molar-refractivity contribution >= 4 is 32.7 Å². The first-order valence-corrected chi connectivity index (χ1v) is 8.88. The van der Waals surface area contributed by atoms with Crippen LogP contribution in [-0.2, 0) is 23.1 Å². The number of rotatable bonds is 6. The summed E-state index contributed by atoms with van der Waals surface area (Å²) >= 11 is 3.03. The van der Waals surface area contributed by atoms with Gasteiger partial charge in [0.05, 0.1) is 0 Å². The Hall–Kier alpha value is -0.730. The molecule has 0 amide bonds. The summed E-state index contributed by atoms with van der Waals surface area (Å²) in [5.41, 5.74) is 0. The summed E-state index contributed by atoms with van der Waals surface area (Å²) in [5.74, 6) is 0. The summed E-state index contributed by atoms with van der Waals surface area (Å²) < 4.78 is 25.5. The van der Waals surface area contributed by atoms with Crippen LogP contribution < -0.4 is 5.32 Å². The van der Waals surface area contributed by atoms with E-state index in [1.165, 1.54) is 20.5 Å². The van der Waals surface area contributed by atoms with Crippen LogP contribution in [0.5, 0.6) is 0 Å². The van der Waals surface area contributed by atoms with E-state index in [2.05, 4.69) is 11.4 Å². The van der Waals surface area contributed by atoms with Gasteiger partial charge in [-0.25, -0.2) is 12.7 Å². The molecular weight excluding hydrogens is 300 g/mol. The van der Waals surface area contributed by atoms with Crippen molar-refractivity contribution in [1.29, 1.82) is 0 Å². The Morgan fingerprint density at radius 2 is 1.89 bits per heavy atom. The standard InChI is InChI=1S/C12H16N2O2S3/c1-14(2)19(15,16)12-6-5-11(18-12)9-13-8-10-4-3-7-17-10/h3-7,13H,8-9H2,1-2H3.